The first-order valence-corrected chi connectivity index (χ1v) is 17.0. The van der Waals surface area contributed by atoms with Gasteiger partial charge >= 0.3 is 0 Å². The molecular formula is C36H38FN3O7S. The molecule has 5 rings (SSSR count). The van der Waals surface area contributed by atoms with Gasteiger partial charge in [0.05, 0.1) is 25.2 Å². The minimum absolute atomic E-state index is 0.0205. The molecule has 0 unspecified atom stereocenters. The lowest BCUT2D eigenvalue weighted by molar-refractivity contribution is -0.142. The average molecular weight is 676 g/mol. The summed E-state index contributed by atoms with van der Waals surface area (Å²) in [7, 11) is -2.12. The van der Waals surface area contributed by atoms with E-state index in [1.165, 1.54) is 45.6 Å². The molecule has 1 aliphatic heterocycles. The van der Waals surface area contributed by atoms with Gasteiger partial charge in [-0.3, -0.25) is 9.59 Å². The largest absolute Gasteiger partial charge is 0.497 e. The summed E-state index contributed by atoms with van der Waals surface area (Å²) in [6, 6.07) is 27.3. The number of rotatable bonds is 14. The highest BCUT2D eigenvalue weighted by atomic mass is 32.2. The Kier molecular flexibility index (Phi) is 11.8. The van der Waals surface area contributed by atoms with E-state index in [2.05, 4.69) is 5.32 Å². The van der Waals surface area contributed by atoms with Crippen LogP contribution in [0.25, 0.3) is 0 Å². The van der Waals surface area contributed by atoms with Gasteiger partial charge in [0, 0.05) is 32.6 Å². The summed E-state index contributed by atoms with van der Waals surface area (Å²) in [4.78, 5) is 29.3. The summed E-state index contributed by atoms with van der Waals surface area (Å²) < 4.78 is 57.5. The van der Waals surface area contributed by atoms with Gasteiger partial charge in [-0.05, 0) is 65.2 Å². The van der Waals surface area contributed by atoms with E-state index < -0.39 is 34.4 Å². The van der Waals surface area contributed by atoms with Crippen LogP contribution in [0.5, 0.6) is 11.5 Å². The number of benzene rings is 4. The van der Waals surface area contributed by atoms with Crippen molar-refractivity contribution in [1.82, 2.24) is 14.5 Å². The smallest absolute Gasteiger partial charge is 0.261 e. The van der Waals surface area contributed by atoms with Crippen LogP contribution in [0.4, 0.5) is 4.39 Å². The van der Waals surface area contributed by atoms with Gasteiger partial charge in [0.1, 0.15) is 23.4 Å². The van der Waals surface area contributed by atoms with Gasteiger partial charge in [-0.2, -0.15) is 4.31 Å². The fraction of sp³-hybridized carbons (Fsp3) is 0.278. The number of ether oxygens (including phenoxy) is 3. The quantitative estimate of drug-likeness (QED) is 0.213. The molecule has 1 fully saturated rings. The first kappa shape index (κ1) is 34.6. The topological polar surface area (TPSA) is 114 Å². The van der Waals surface area contributed by atoms with Crippen LogP contribution in [-0.2, 0) is 43.9 Å². The molecule has 10 nitrogen and oxygen atoms in total. The van der Waals surface area contributed by atoms with E-state index in [-0.39, 0.29) is 49.2 Å². The first-order valence-electron chi connectivity index (χ1n) is 15.5. The Balaban J connectivity index is 1.35. The summed E-state index contributed by atoms with van der Waals surface area (Å²) >= 11 is 0. The Morgan fingerprint density at radius 2 is 1.48 bits per heavy atom. The Bertz CT molecular complexity index is 1750. The van der Waals surface area contributed by atoms with Gasteiger partial charge in [0.2, 0.25) is 15.9 Å². The number of methoxy groups -OCH3 is 1. The van der Waals surface area contributed by atoms with Gasteiger partial charge in [-0.15, -0.1) is 0 Å². The molecule has 1 saturated heterocycles. The lowest BCUT2D eigenvalue weighted by Gasteiger charge is -2.31. The van der Waals surface area contributed by atoms with Gasteiger partial charge in [0.15, 0.2) is 6.61 Å². The van der Waals surface area contributed by atoms with Crippen molar-refractivity contribution < 1.29 is 36.6 Å². The number of hydrogen-bond donors (Lipinski definition) is 1. The van der Waals surface area contributed by atoms with Crippen LogP contribution >= 0.6 is 0 Å². The minimum Gasteiger partial charge on any atom is -0.497 e. The van der Waals surface area contributed by atoms with E-state index in [9.17, 15) is 22.4 Å². The van der Waals surface area contributed by atoms with Crippen LogP contribution in [0.2, 0.25) is 0 Å². The van der Waals surface area contributed by atoms with Crippen LogP contribution in [0.3, 0.4) is 0 Å². The lowest BCUT2D eigenvalue weighted by atomic mass is 10.0. The van der Waals surface area contributed by atoms with Crippen molar-refractivity contribution in [2.75, 3.05) is 40.0 Å². The second-order valence-electron chi connectivity index (χ2n) is 11.2. The molecule has 1 heterocycles. The molecule has 0 aromatic heterocycles. The van der Waals surface area contributed by atoms with E-state index in [1.54, 1.807) is 31.4 Å². The number of nitrogens with one attached hydrogen (secondary N) is 1. The average Bonchev–Trinajstić information content (AvgIpc) is 3.13. The Hall–Kier alpha value is -4.78. The third-order valence-electron chi connectivity index (χ3n) is 7.96. The summed E-state index contributed by atoms with van der Waals surface area (Å²) in [6.07, 6.45) is 0.219. The number of carbonyl (C=O) groups excluding carboxylic acids is 2. The van der Waals surface area contributed by atoms with E-state index in [0.29, 0.717) is 24.5 Å². The maximum Gasteiger partial charge on any atom is 0.261 e. The molecule has 4 aromatic carbocycles. The molecular weight excluding hydrogens is 637 g/mol. The van der Waals surface area contributed by atoms with Crippen molar-refractivity contribution in [2.45, 2.75) is 30.4 Å². The van der Waals surface area contributed by atoms with E-state index in [4.69, 9.17) is 14.2 Å². The van der Waals surface area contributed by atoms with Gasteiger partial charge in [-0.25, -0.2) is 12.8 Å². The molecule has 0 bridgehead atoms. The Labute approximate surface area is 280 Å². The lowest BCUT2D eigenvalue weighted by Crippen LogP contribution is -2.51. The van der Waals surface area contributed by atoms with Gasteiger partial charge in [0.25, 0.3) is 5.91 Å². The van der Waals surface area contributed by atoms with Crippen LogP contribution in [0, 0.1) is 5.82 Å². The molecule has 0 radical (unpaired) electrons. The van der Waals surface area contributed by atoms with Crippen LogP contribution in [-0.4, -0.2) is 75.5 Å². The summed E-state index contributed by atoms with van der Waals surface area (Å²) in [5.41, 5.74) is 2.32. The van der Waals surface area contributed by atoms with Gasteiger partial charge in [-0.1, -0.05) is 54.6 Å². The minimum atomic E-state index is -3.70. The van der Waals surface area contributed by atoms with Crippen LogP contribution in [0.15, 0.2) is 108 Å². The molecule has 0 saturated carbocycles. The predicted octanol–water partition coefficient (Wildman–Crippen LogP) is 4.19. The second-order valence-corrected chi connectivity index (χ2v) is 13.1. The Morgan fingerprint density at radius 3 is 2.12 bits per heavy atom. The van der Waals surface area contributed by atoms with E-state index in [1.807, 2.05) is 42.5 Å². The standard InChI is InChI=1S/C36H38FN3O7S/c1-45-31-13-9-28(10-14-31)24-38-36(42)34(23-27-5-3-2-4-6-27)40(25-29-7-11-30(37)12-8-29)35(41)26-47-32-15-17-33(18-16-32)48(43,44)39-19-21-46-22-20-39/h2-18,34H,19-26H2,1H3,(H,38,42)/t34-/m1/s1. The molecule has 0 spiro atoms. The third kappa shape index (κ3) is 9.18. The molecule has 2 amide bonds. The van der Waals surface area contributed by atoms with Crippen molar-refractivity contribution in [1.29, 1.82) is 0 Å². The molecule has 0 aliphatic carbocycles. The highest BCUT2D eigenvalue weighted by Crippen LogP contribution is 2.22. The second kappa shape index (κ2) is 16.4. The van der Waals surface area contributed by atoms with E-state index >= 15 is 0 Å². The van der Waals surface area contributed by atoms with Crippen molar-refractivity contribution in [3.63, 3.8) is 0 Å². The molecule has 1 atom stereocenters. The zero-order valence-electron chi connectivity index (χ0n) is 26.6. The number of morpholine rings is 1. The molecule has 4 aromatic rings. The summed E-state index contributed by atoms with van der Waals surface area (Å²) in [5, 5.41) is 2.97. The van der Waals surface area contributed by atoms with Crippen LogP contribution in [0.1, 0.15) is 16.7 Å². The van der Waals surface area contributed by atoms with Crippen molar-refractivity contribution in [3.05, 3.63) is 126 Å². The third-order valence-corrected chi connectivity index (χ3v) is 9.87. The van der Waals surface area contributed by atoms with Crippen molar-refractivity contribution >= 4 is 21.8 Å². The summed E-state index contributed by atoms with van der Waals surface area (Å²) in [6.45, 7) is 1.04. The van der Waals surface area contributed by atoms with Crippen molar-refractivity contribution in [2.24, 2.45) is 0 Å². The predicted molar refractivity (Wildman–Crippen MR) is 177 cm³/mol. The molecule has 48 heavy (non-hydrogen) atoms. The number of amides is 2. The Morgan fingerprint density at radius 1 is 0.854 bits per heavy atom. The highest BCUT2D eigenvalue weighted by Gasteiger charge is 2.31. The SMILES string of the molecule is COc1ccc(CNC(=O)[C@@H](Cc2ccccc2)N(Cc2ccc(F)cc2)C(=O)COc2ccc(S(=O)(=O)N3CCOCC3)cc2)cc1. The number of carbonyl (C=O) groups is 2. The molecule has 252 valence electrons. The fourth-order valence-electron chi connectivity index (χ4n) is 5.26. The highest BCUT2D eigenvalue weighted by molar-refractivity contribution is 7.89. The summed E-state index contributed by atoms with van der Waals surface area (Å²) in [5.74, 6) is -0.296. The molecule has 1 aliphatic rings. The fourth-order valence-corrected chi connectivity index (χ4v) is 6.67. The van der Waals surface area contributed by atoms with Crippen LogP contribution < -0.4 is 14.8 Å². The molecule has 12 heteroatoms. The normalized spacial score (nSPS) is 14.1. The molecule has 1 N–H and O–H groups in total. The maximum atomic E-state index is 13.9. The number of nitrogens with zero attached hydrogens (tertiary/aromatic N) is 2. The number of sulfonamides is 1. The van der Waals surface area contributed by atoms with Gasteiger partial charge < -0.3 is 24.4 Å². The number of hydrogen-bond acceptors (Lipinski definition) is 7. The maximum absolute atomic E-state index is 13.9. The van der Waals surface area contributed by atoms with Crippen molar-refractivity contribution in [3.8, 4) is 11.5 Å². The first-order chi connectivity index (χ1) is 23.2. The number of halogens is 1. The monoisotopic (exact) mass is 675 g/mol. The zero-order chi connectivity index (χ0) is 33.9. The van der Waals surface area contributed by atoms with E-state index in [0.717, 1.165) is 11.1 Å². The zero-order valence-corrected chi connectivity index (χ0v) is 27.4.